The number of carbonyl (C=O) groups is 1. The number of furan rings is 1. The number of piperazine rings is 1. The number of nitriles is 1. The number of oxazole rings is 1. The van der Waals surface area contributed by atoms with E-state index in [2.05, 4.69) is 33.4 Å². The highest BCUT2D eigenvalue weighted by atomic mass is 16.4. The van der Waals surface area contributed by atoms with Crippen molar-refractivity contribution in [3.63, 3.8) is 0 Å². The summed E-state index contributed by atoms with van der Waals surface area (Å²) in [5.74, 6) is 1.16. The highest BCUT2D eigenvalue weighted by Gasteiger charge is 2.27. The van der Waals surface area contributed by atoms with Crippen molar-refractivity contribution in [2.24, 2.45) is 0 Å². The second-order valence-corrected chi connectivity index (χ2v) is 7.81. The number of benzene rings is 1. The van der Waals surface area contributed by atoms with E-state index in [-0.39, 0.29) is 23.7 Å². The van der Waals surface area contributed by atoms with E-state index in [0.717, 1.165) is 5.56 Å². The minimum absolute atomic E-state index is 0.0915. The van der Waals surface area contributed by atoms with E-state index in [4.69, 9.17) is 8.83 Å². The molecule has 0 radical (unpaired) electrons. The van der Waals surface area contributed by atoms with Crippen molar-refractivity contribution in [3.8, 4) is 17.7 Å². The van der Waals surface area contributed by atoms with Gasteiger partial charge in [0.15, 0.2) is 5.76 Å². The monoisotopic (exact) mass is 434 g/mol. The number of hydrogen-bond acceptors (Lipinski definition) is 7. The topological polar surface area (TPSA) is 102 Å². The molecule has 2 aromatic heterocycles. The van der Waals surface area contributed by atoms with Gasteiger partial charge in [-0.25, -0.2) is 4.79 Å². The summed E-state index contributed by atoms with van der Waals surface area (Å²) in [6.07, 6.45) is 1.53. The lowest BCUT2D eigenvalue weighted by molar-refractivity contribution is 0.188. The SMILES string of the molecule is CN(C)C(CNC(=O)N1CCN(c2oc(-c3ccco3)nc2C#N)CC1)c1ccccc1. The largest absolute Gasteiger partial charge is 0.459 e. The van der Waals surface area contributed by atoms with Crippen LogP contribution in [-0.2, 0) is 0 Å². The van der Waals surface area contributed by atoms with Gasteiger partial charge in [0.05, 0.1) is 12.3 Å². The zero-order chi connectivity index (χ0) is 22.5. The number of hydrogen-bond donors (Lipinski definition) is 1. The number of carbonyl (C=O) groups excluding carboxylic acids is 1. The molecule has 0 spiro atoms. The van der Waals surface area contributed by atoms with Crippen LogP contribution in [0.25, 0.3) is 11.7 Å². The maximum atomic E-state index is 12.8. The molecule has 9 nitrogen and oxygen atoms in total. The number of aromatic nitrogens is 1. The van der Waals surface area contributed by atoms with Gasteiger partial charge in [0.25, 0.3) is 5.89 Å². The molecule has 1 N–H and O–H groups in total. The molecule has 1 unspecified atom stereocenters. The summed E-state index contributed by atoms with van der Waals surface area (Å²) in [4.78, 5) is 22.8. The molecule has 2 amide bonds. The Labute approximate surface area is 186 Å². The van der Waals surface area contributed by atoms with Crippen LogP contribution in [0.4, 0.5) is 10.7 Å². The average Bonchev–Trinajstić information content (AvgIpc) is 3.49. The second kappa shape index (κ2) is 9.58. The van der Waals surface area contributed by atoms with Crippen LogP contribution in [0.15, 0.2) is 57.6 Å². The Kier molecular flexibility index (Phi) is 6.42. The van der Waals surface area contributed by atoms with Gasteiger partial charge in [0.1, 0.15) is 6.07 Å². The fraction of sp³-hybridized carbons (Fsp3) is 0.348. The molecular formula is C23H26N6O3. The molecule has 166 valence electrons. The van der Waals surface area contributed by atoms with Crippen LogP contribution in [0.1, 0.15) is 17.3 Å². The first-order chi connectivity index (χ1) is 15.6. The van der Waals surface area contributed by atoms with Gasteiger partial charge in [0.2, 0.25) is 11.6 Å². The van der Waals surface area contributed by atoms with E-state index in [0.29, 0.717) is 44.4 Å². The number of urea groups is 1. The summed E-state index contributed by atoms with van der Waals surface area (Å²) in [7, 11) is 4.01. The molecular weight excluding hydrogens is 408 g/mol. The minimum Gasteiger partial charge on any atom is -0.459 e. The molecule has 0 bridgehead atoms. The standard InChI is InChI=1S/C23H26N6O3/c1-27(2)19(17-7-4-3-5-8-17)16-25-23(30)29-12-10-28(11-13-29)22-18(15-24)26-21(32-22)20-9-6-14-31-20/h3-9,14,19H,10-13,16H2,1-2H3,(H,25,30). The number of nitrogens with zero attached hydrogens (tertiary/aromatic N) is 5. The Morgan fingerprint density at radius 2 is 1.94 bits per heavy atom. The third kappa shape index (κ3) is 4.60. The van der Waals surface area contributed by atoms with Crippen LogP contribution in [0, 0.1) is 11.3 Å². The Morgan fingerprint density at radius 1 is 1.19 bits per heavy atom. The van der Waals surface area contributed by atoms with Gasteiger partial charge in [-0.3, -0.25) is 0 Å². The minimum atomic E-state index is -0.0956. The molecule has 1 atom stereocenters. The smallest absolute Gasteiger partial charge is 0.317 e. The fourth-order valence-electron chi connectivity index (χ4n) is 3.79. The van der Waals surface area contributed by atoms with Gasteiger partial charge in [0, 0.05) is 32.7 Å². The number of rotatable bonds is 6. The third-order valence-electron chi connectivity index (χ3n) is 5.56. The van der Waals surface area contributed by atoms with Gasteiger partial charge < -0.3 is 28.9 Å². The lowest BCUT2D eigenvalue weighted by Gasteiger charge is -2.35. The molecule has 32 heavy (non-hydrogen) atoms. The Balaban J connectivity index is 1.35. The molecule has 9 heteroatoms. The fourth-order valence-corrected chi connectivity index (χ4v) is 3.79. The highest BCUT2D eigenvalue weighted by Crippen LogP contribution is 2.29. The summed E-state index contributed by atoms with van der Waals surface area (Å²) < 4.78 is 11.1. The molecule has 1 aliphatic heterocycles. The lowest BCUT2D eigenvalue weighted by Crippen LogP contribution is -2.52. The van der Waals surface area contributed by atoms with Crippen molar-refractivity contribution >= 4 is 11.9 Å². The summed E-state index contributed by atoms with van der Waals surface area (Å²) >= 11 is 0. The number of likely N-dealkylation sites (N-methyl/N-ethyl adjacent to an activating group) is 1. The van der Waals surface area contributed by atoms with Crippen molar-refractivity contribution in [2.45, 2.75) is 6.04 Å². The first kappa shape index (κ1) is 21.5. The molecule has 4 rings (SSSR count). The van der Waals surface area contributed by atoms with Gasteiger partial charge in [-0.15, -0.1) is 0 Å². The number of amides is 2. The van der Waals surface area contributed by atoms with Crippen molar-refractivity contribution in [3.05, 3.63) is 60.0 Å². The third-order valence-corrected chi connectivity index (χ3v) is 5.56. The van der Waals surface area contributed by atoms with E-state index < -0.39 is 0 Å². The van der Waals surface area contributed by atoms with Gasteiger partial charge in [-0.2, -0.15) is 10.2 Å². The van der Waals surface area contributed by atoms with E-state index in [1.54, 1.807) is 17.0 Å². The van der Waals surface area contributed by atoms with Crippen LogP contribution >= 0.6 is 0 Å². The summed E-state index contributed by atoms with van der Waals surface area (Å²) in [6, 6.07) is 15.7. The molecule has 3 heterocycles. The molecule has 1 aromatic carbocycles. The summed E-state index contributed by atoms with van der Waals surface area (Å²) in [5, 5.41) is 12.5. The predicted molar refractivity (Wildman–Crippen MR) is 119 cm³/mol. The first-order valence-electron chi connectivity index (χ1n) is 10.5. The van der Waals surface area contributed by atoms with Crippen LogP contribution < -0.4 is 10.2 Å². The molecule has 0 saturated carbocycles. The molecule has 3 aromatic rings. The molecule has 1 aliphatic rings. The zero-order valence-electron chi connectivity index (χ0n) is 18.2. The van der Waals surface area contributed by atoms with Crippen molar-refractivity contribution in [1.82, 2.24) is 20.1 Å². The van der Waals surface area contributed by atoms with Gasteiger partial charge in [-0.1, -0.05) is 30.3 Å². The number of nitrogens with one attached hydrogen (secondary N) is 1. The summed E-state index contributed by atoms with van der Waals surface area (Å²) in [6.45, 7) is 2.65. The molecule has 1 saturated heterocycles. The van der Waals surface area contributed by atoms with Crippen molar-refractivity contribution in [2.75, 3.05) is 51.7 Å². The van der Waals surface area contributed by atoms with E-state index in [1.807, 2.05) is 37.2 Å². The van der Waals surface area contributed by atoms with Gasteiger partial charge in [-0.05, 0) is 31.8 Å². The van der Waals surface area contributed by atoms with E-state index in [9.17, 15) is 10.1 Å². The number of anilines is 1. The lowest BCUT2D eigenvalue weighted by atomic mass is 10.1. The molecule has 0 aliphatic carbocycles. The van der Waals surface area contributed by atoms with E-state index in [1.165, 1.54) is 6.26 Å². The second-order valence-electron chi connectivity index (χ2n) is 7.81. The van der Waals surface area contributed by atoms with E-state index >= 15 is 0 Å². The van der Waals surface area contributed by atoms with Crippen LogP contribution in [0.3, 0.4) is 0 Å². The predicted octanol–water partition coefficient (Wildman–Crippen LogP) is 2.94. The van der Waals surface area contributed by atoms with Crippen molar-refractivity contribution in [1.29, 1.82) is 5.26 Å². The zero-order valence-corrected chi connectivity index (χ0v) is 18.2. The summed E-state index contributed by atoms with van der Waals surface area (Å²) in [5.41, 5.74) is 1.37. The quantitative estimate of drug-likeness (QED) is 0.636. The maximum absolute atomic E-state index is 12.8. The Bertz CT molecular complexity index is 1060. The van der Waals surface area contributed by atoms with Crippen LogP contribution in [0.2, 0.25) is 0 Å². The maximum Gasteiger partial charge on any atom is 0.317 e. The highest BCUT2D eigenvalue weighted by molar-refractivity contribution is 5.74. The van der Waals surface area contributed by atoms with Crippen LogP contribution in [0.5, 0.6) is 0 Å². The Hall–Kier alpha value is -3.77. The first-order valence-corrected chi connectivity index (χ1v) is 10.5. The Morgan fingerprint density at radius 3 is 2.56 bits per heavy atom. The van der Waals surface area contributed by atoms with Crippen molar-refractivity contribution < 1.29 is 13.6 Å². The average molecular weight is 435 g/mol. The van der Waals surface area contributed by atoms with Crippen LogP contribution in [-0.4, -0.2) is 67.6 Å². The normalized spacial score (nSPS) is 14.9. The molecule has 1 fully saturated rings. The van der Waals surface area contributed by atoms with Gasteiger partial charge >= 0.3 is 6.03 Å².